The molecule has 2 heterocycles. The molecule has 1 aromatic rings. The molecule has 2 rings (SSSR count). The number of amides is 1. The van der Waals surface area contributed by atoms with Gasteiger partial charge in [-0.15, -0.1) is 5.23 Å². The zero-order valence-corrected chi connectivity index (χ0v) is 14.3. The van der Waals surface area contributed by atoms with Crippen molar-refractivity contribution in [3.63, 3.8) is 0 Å². The molecule has 0 saturated carbocycles. The lowest BCUT2D eigenvalue weighted by Gasteiger charge is -2.26. The van der Waals surface area contributed by atoms with Gasteiger partial charge in [0.05, 0.1) is 0 Å². The van der Waals surface area contributed by atoms with E-state index in [1.165, 1.54) is 6.07 Å². The number of pyridine rings is 1. The molecule has 24 heavy (non-hydrogen) atoms. The first-order valence-corrected chi connectivity index (χ1v) is 7.84. The van der Waals surface area contributed by atoms with Crippen LogP contribution in [0.3, 0.4) is 0 Å². The van der Waals surface area contributed by atoms with Gasteiger partial charge in [0, 0.05) is 26.2 Å². The highest BCUT2D eigenvalue weighted by atomic mass is 16.8. The third-order valence-corrected chi connectivity index (χ3v) is 3.57. The molecular weight excluding hydrogens is 314 g/mol. The van der Waals surface area contributed by atoms with Crippen LogP contribution in [0.5, 0.6) is 0 Å². The molecule has 1 saturated heterocycles. The summed E-state index contributed by atoms with van der Waals surface area (Å²) in [5, 5.41) is 18.0. The lowest BCUT2D eigenvalue weighted by molar-refractivity contribution is 0.0261. The van der Waals surface area contributed by atoms with Gasteiger partial charge in [0.1, 0.15) is 17.1 Å². The first-order valence-electron chi connectivity index (χ1n) is 7.84. The van der Waals surface area contributed by atoms with Crippen molar-refractivity contribution in [1.82, 2.24) is 9.88 Å². The van der Waals surface area contributed by atoms with Crippen LogP contribution in [0.15, 0.2) is 12.1 Å². The maximum Gasteiger partial charge on any atom is 0.410 e. The minimum absolute atomic E-state index is 0.0175. The van der Waals surface area contributed by atoms with E-state index in [1.54, 1.807) is 11.0 Å². The molecule has 134 valence electrons. The smallest absolute Gasteiger partial charge is 0.410 e. The molecule has 0 bridgehead atoms. The lowest BCUT2D eigenvalue weighted by atomic mass is 10.2. The quantitative estimate of drug-likeness (QED) is 0.697. The summed E-state index contributed by atoms with van der Waals surface area (Å²) >= 11 is 0. The Labute approximate surface area is 141 Å². The number of anilines is 3. The first kappa shape index (κ1) is 18.1. The molecule has 9 heteroatoms. The number of rotatable bonds is 2. The minimum Gasteiger partial charge on any atom is -0.444 e. The molecule has 1 aliphatic heterocycles. The molecule has 0 atom stereocenters. The fourth-order valence-corrected chi connectivity index (χ4v) is 2.46. The van der Waals surface area contributed by atoms with Gasteiger partial charge in [-0.25, -0.2) is 9.78 Å². The molecule has 1 fully saturated rings. The highest BCUT2D eigenvalue weighted by Crippen LogP contribution is 2.24. The van der Waals surface area contributed by atoms with Gasteiger partial charge >= 0.3 is 6.09 Å². The number of carbonyl (C=O) groups is 1. The molecule has 0 spiro atoms. The number of ether oxygens (including phenoxy) is 1. The van der Waals surface area contributed by atoms with Gasteiger partial charge in [0.25, 0.3) is 0 Å². The number of hydrogen-bond donors (Lipinski definition) is 3. The van der Waals surface area contributed by atoms with Gasteiger partial charge in [0.2, 0.25) is 0 Å². The van der Waals surface area contributed by atoms with Crippen LogP contribution in [-0.4, -0.2) is 58.2 Å². The van der Waals surface area contributed by atoms with Crippen molar-refractivity contribution in [2.75, 3.05) is 42.0 Å². The Morgan fingerprint density at radius 1 is 1.25 bits per heavy atom. The van der Waals surface area contributed by atoms with Gasteiger partial charge in [-0.3, -0.25) is 10.4 Å². The van der Waals surface area contributed by atoms with E-state index in [2.05, 4.69) is 4.98 Å². The second-order valence-electron chi connectivity index (χ2n) is 6.67. The van der Waals surface area contributed by atoms with E-state index in [1.807, 2.05) is 25.7 Å². The summed E-state index contributed by atoms with van der Waals surface area (Å²) in [6.45, 7) is 7.96. The third kappa shape index (κ3) is 4.62. The topological polar surface area (TPSA) is 115 Å². The first-order chi connectivity index (χ1) is 11.2. The Morgan fingerprint density at radius 3 is 2.54 bits per heavy atom. The van der Waals surface area contributed by atoms with E-state index in [0.29, 0.717) is 32.0 Å². The lowest BCUT2D eigenvalue weighted by Crippen LogP contribution is -2.39. The zero-order chi connectivity index (χ0) is 17.9. The largest absolute Gasteiger partial charge is 0.444 e. The van der Waals surface area contributed by atoms with E-state index < -0.39 is 5.60 Å². The average molecular weight is 339 g/mol. The van der Waals surface area contributed by atoms with Crippen LogP contribution in [0.4, 0.5) is 22.1 Å². The third-order valence-electron chi connectivity index (χ3n) is 3.57. The molecule has 9 nitrogen and oxygen atoms in total. The van der Waals surface area contributed by atoms with Gasteiger partial charge in [-0.05, 0) is 39.3 Å². The fraction of sp³-hybridized carbons (Fsp3) is 0.600. The van der Waals surface area contributed by atoms with E-state index in [0.717, 1.165) is 6.42 Å². The van der Waals surface area contributed by atoms with Crippen molar-refractivity contribution in [3.8, 4) is 0 Å². The molecule has 0 unspecified atom stereocenters. The van der Waals surface area contributed by atoms with Crippen LogP contribution >= 0.6 is 0 Å². The Bertz CT molecular complexity index is 588. The van der Waals surface area contributed by atoms with E-state index in [4.69, 9.17) is 20.9 Å². The van der Waals surface area contributed by atoms with Crippen molar-refractivity contribution >= 4 is 23.4 Å². The number of carbonyl (C=O) groups excluding carboxylic acids is 1. The number of hydrogen-bond acceptors (Lipinski definition) is 8. The van der Waals surface area contributed by atoms with Crippen LogP contribution in [0.2, 0.25) is 0 Å². The average Bonchev–Trinajstić information content (AvgIpc) is 2.70. The fourth-order valence-electron chi connectivity index (χ4n) is 2.46. The molecule has 1 aliphatic rings. The SMILES string of the molecule is CC(C)(C)OC(=O)N1CCCN(c2ccc(N(O)O)c(N)n2)CC1. The number of nitrogens with two attached hydrogens (primary N) is 1. The van der Waals surface area contributed by atoms with Gasteiger partial charge in [0.15, 0.2) is 5.82 Å². The number of aromatic nitrogens is 1. The minimum atomic E-state index is -0.518. The van der Waals surface area contributed by atoms with Crippen molar-refractivity contribution in [1.29, 1.82) is 0 Å². The maximum absolute atomic E-state index is 12.2. The summed E-state index contributed by atoms with van der Waals surface area (Å²) < 4.78 is 5.41. The molecule has 1 aromatic heterocycles. The zero-order valence-electron chi connectivity index (χ0n) is 14.3. The summed E-state index contributed by atoms with van der Waals surface area (Å²) in [5.41, 5.74) is 5.23. The Hall–Kier alpha value is -2.26. The van der Waals surface area contributed by atoms with E-state index >= 15 is 0 Å². The Kier molecular flexibility index (Phi) is 5.35. The summed E-state index contributed by atoms with van der Waals surface area (Å²) in [7, 11) is 0. The van der Waals surface area contributed by atoms with Gasteiger partial charge < -0.3 is 20.3 Å². The molecule has 0 aromatic carbocycles. The van der Waals surface area contributed by atoms with Gasteiger partial charge in [-0.1, -0.05) is 0 Å². The monoisotopic (exact) mass is 339 g/mol. The second kappa shape index (κ2) is 7.10. The van der Waals surface area contributed by atoms with Crippen LogP contribution in [0.1, 0.15) is 27.2 Å². The van der Waals surface area contributed by atoms with Crippen LogP contribution in [0, 0.1) is 0 Å². The number of nitrogens with zero attached hydrogens (tertiary/aromatic N) is 4. The van der Waals surface area contributed by atoms with Crippen molar-refractivity contribution < 1.29 is 19.9 Å². The van der Waals surface area contributed by atoms with Crippen molar-refractivity contribution in [2.24, 2.45) is 0 Å². The predicted molar refractivity (Wildman–Crippen MR) is 89.3 cm³/mol. The van der Waals surface area contributed by atoms with E-state index in [9.17, 15) is 4.79 Å². The highest BCUT2D eigenvalue weighted by molar-refractivity contribution is 5.68. The van der Waals surface area contributed by atoms with Gasteiger partial charge in [-0.2, -0.15) is 0 Å². The highest BCUT2D eigenvalue weighted by Gasteiger charge is 2.25. The summed E-state index contributed by atoms with van der Waals surface area (Å²) in [5.74, 6) is 0.648. The van der Waals surface area contributed by atoms with Crippen LogP contribution in [-0.2, 0) is 4.74 Å². The molecular formula is C15H25N5O4. The molecule has 4 N–H and O–H groups in total. The Balaban J connectivity index is 2.03. The predicted octanol–water partition coefficient (Wildman–Crippen LogP) is 1.70. The van der Waals surface area contributed by atoms with Crippen LogP contribution < -0.4 is 15.9 Å². The summed E-state index contributed by atoms with van der Waals surface area (Å²) in [6.07, 6.45) is 0.456. The summed E-state index contributed by atoms with van der Waals surface area (Å²) in [6, 6.07) is 3.14. The van der Waals surface area contributed by atoms with Crippen LogP contribution in [0.25, 0.3) is 0 Å². The summed E-state index contributed by atoms with van der Waals surface area (Å²) in [4.78, 5) is 20.1. The second-order valence-corrected chi connectivity index (χ2v) is 6.67. The van der Waals surface area contributed by atoms with Crippen molar-refractivity contribution in [3.05, 3.63) is 12.1 Å². The van der Waals surface area contributed by atoms with Crippen molar-refractivity contribution in [2.45, 2.75) is 32.8 Å². The molecule has 0 radical (unpaired) electrons. The standard InChI is InChI=1S/C15H25N5O4/c1-15(2,3)24-14(21)19-8-4-7-18(9-10-19)12-6-5-11(20(22)23)13(16)17-12/h5-6,22-23H,4,7-10H2,1-3H3,(H2,16,17). The number of nitrogen functional groups attached to an aromatic ring is 1. The maximum atomic E-state index is 12.2. The Morgan fingerprint density at radius 2 is 1.96 bits per heavy atom. The van der Waals surface area contributed by atoms with E-state index in [-0.39, 0.29) is 22.8 Å². The molecule has 0 aliphatic carbocycles. The molecule has 1 amide bonds. The normalized spacial score (nSPS) is 15.9.